The molecule has 0 unspecified atom stereocenters. The van der Waals surface area contributed by atoms with Gasteiger partial charge >= 0.3 is 6.18 Å². The summed E-state index contributed by atoms with van der Waals surface area (Å²) in [7, 11) is 0. The molecule has 20 heavy (non-hydrogen) atoms. The third kappa shape index (κ3) is 2.39. The van der Waals surface area contributed by atoms with Gasteiger partial charge in [-0.1, -0.05) is 18.2 Å². The number of hydrogen-bond donors (Lipinski definition) is 0. The van der Waals surface area contributed by atoms with Crippen molar-refractivity contribution in [1.29, 1.82) is 0 Å². The number of para-hydroxylation sites is 1. The molecule has 0 radical (unpaired) electrons. The third-order valence-corrected chi connectivity index (χ3v) is 3.16. The van der Waals surface area contributed by atoms with Crippen molar-refractivity contribution in [3.63, 3.8) is 0 Å². The summed E-state index contributed by atoms with van der Waals surface area (Å²) in [5.74, 6) is 0. The average molecular weight is 276 g/mol. The second-order valence-electron chi connectivity index (χ2n) is 4.58. The zero-order chi connectivity index (χ0) is 14.2. The molecular formula is C15H11F3N2. The second kappa shape index (κ2) is 4.67. The topological polar surface area (TPSA) is 17.8 Å². The lowest BCUT2D eigenvalue weighted by atomic mass is 10.2. The number of fused-ring (bicyclic) bond motifs is 1. The van der Waals surface area contributed by atoms with Crippen LogP contribution in [0.5, 0.6) is 0 Å². The van der Waals surface area contributed by atoms with Gasteiger partial charge in [0.2, 0.25) is 0 Å². The van der Waals surface area contributed by atoms with Gasteiger partial charge < -0.3 is 4.57 Å². The lowest BCUT2D eigenvalue weighted by Crippen LogP contribution is -2.07. The van der Waals surface area contributed by atoms with Gasteiger partial charge in [0.15, 0.2) is 0 Å². The minimum Gasteiger partial charge on any atom is -0.343 e. The van der Waals surface area contributed by atoms with Gasteiger partial charge in [-0.05, 0) is 29.1 Å². The summed E-state index contributed by atoms with van der Waals surface area (Å²) < 4.78 is 39.9. The predicted octanol–water partition coefficient (Wildman–Crippen LogP) is 4.10. The van der Waals surface area contributed by atoms with E-state index in [1.54, 1.807) is 0 Å². The summed E-state index contributed by atoms with van der Waals surface area (Å²) in [6.07, 6.45) is -0.187. The van der Waals surface area contributed by atoms with Crippen molar-refractivity contribution in [2.75, 3.05) is 0 Å². The van der Waals surface area contributed by atoms with E-state index in [4.69, 9.17) is 0 Å². The van der Waals surface area contributed by atoms with Crippen molar-refractivity contribution in [3.05, 3.63) is 66.1 Å². The minimum absolute atomic E-state index is 0.366. The van der Waals surface area contributed by atoms with Gasteiger partial charge in [0.1, 0.15) is 0 Å². The van der Waals surface area contributed by atoms with E-state index in [0.717, 1.165) is 23.2 Å². The molecule has 0 saturated heterocycles. The Labute approximate surface area is 113 Å². The molecule has 1 aromatic carbocycles. The quantitative estimate of drug-likeness (QED) is 0.689. The Bertz CT molecular complexity index is 744. The summed E-state index contributed by atoms with van der Waals surface area (Å²) in [5.41, 5.74) is 0.803. The van der Waals surface area contributed by atoms with Crippen LogP contribution in [0.15, 0.2) is 55.0 Å². The summed E-state index contributed by atoms with van der Waals surface area (Å²) in [5, 5.41) is 1.06. The predicted molar refractivity (Wildman–Crippen MR) is 70.3 cm³/mol. The maximum Gasteiger partial charge on any atom is 0.417 e. The fraction of sp³-hybridized carbons (Fsp3) is 0.133. The number of halogens is 3. The Hall–Kier alpha value is -2.30. The van der Waals surface area contributed by atoms with Crippen LogP contribution in [0.4, 0.5) is 13.2 Å². The first kappa shape index (κ1) is 12.7. The van der Waals surface area contributed by atoms with Crippen LogP contribution in [0, 0.1) is 0 Å². The highest BCUT2D eigenvalue weighted by molar-refractivity contribution is 5.80. The number of alkyl halides is 3. The molecule has 0 aliphatic heterocycles. The highest BCUT2D eigenvalue weighted by Crippen LogP contribution is 2.29. The van der Waals surface area contributed by atoms with Gasteiger partial charge in [-0.2, -0.15) is 13.2 Å². The summed E-state index contributed by atoms with van der Waals surface area (Å²) in [6, 6.07) is 10.8. The first-order valence-corrected chi connectivity index (χ1v) is 6.09. The number of benzene rings is 1. The van der Waals surface area contributed by atoms with Crippen LogP contribution >= 0.6 is 0 Å². The maximum atomic E-state index is 12.7. The molecular weight excluding hydrogens is 265 g/mol. The molecule has 2 heterocycles. The van der Waals surface area contributed by atoms with Gasteiger partial charge in [0.05, 0.1) is 5.56 Å². The van der Waals surface area contributed by atoms with Gasteiger partial charge in [-0.25, -0.2) is 0 Å². The highest BCUT2D eigenvalue weighted by Gasteiger charge is 2.30. The molecule has 3 aromatic rings. The maximum absolute atomic E-state index is 12.7. The van der Waals surface area contributed by atoms with Gasteiger partial charge in [0, 0.05) is 30.7 Å². The van der Waals surface area contributed by atoms with Crippen LogP contribution in [0.2, 0.25) is 0 Å². The Morgan fingerprint density at radius 2 is 1.85 bits per heavy atom. The molecule has 0 N–H and O–H groups in total. The summed E-state index contributed by atoms with van der Waals surface area (Å²) in [4.78, 5) is 3.68. The van der Waals surface area contributed by atoms with Crippen molar-refractivity contribution in [1.82, 2.24) is 9.55 Å². The largest absolute Gasteiger partial charge is 0.417 e. The first-order chi connectivity index (χ1) is 9.54. The van der Waals surface area contributed by atoms with E-state index in [9.17, 15) is 13.2 Å². The van der Waals surface area contributed by atoms with Crippen LogP contribution in [-0.4, -0.2) is 9.55 Å². The van der Waals surface area contributed by atoms with Crippen molar-refractivity contribution < 1.29 is 13.2 Å². The number of hydrogen-bond acceptors (Lipinski definition) is 1. The molecule has 0 bridgehead atoms. The van der Waals surface area contributed by atoms with Crippen LogP contribution in [0.3, 0.4) is 0 Å². The van der Waals surface area contributed by atoms with E-state index in [1.807, 2.05) is 41.1 Å². The molecule has 0 aliphatic carbocycles. The third-order valence-electron chi connectivity index (χ3n) is 3.16. The van der Waals surface area contributed by atoms with Gasteiger partial charge in [0.25, 0.3) is 0 Å². The molecule has 0 fully saturated rings. The van der Waals surface area contributed by atoms with Gasteiger partial charge in [-0.3, -0.25) is 4.98 Å². The average Bonchev–Trinajstić information content (AvgIpc) is 2.82. The minimum atomic E-state index is -4.36. The van der Waals surface area contributed by atoms with Crippen LogP contribution < -0.4 is 0 Å². The fourth-order valence-corrected chi connectivity index (χ4v) is 2.20. The van der Waals surface area contributed by atoms with E-state index in [2.05, 4.69) is 4.98 Å². The zero-order valence-electron chi connectivity index (χ0n) is 10.4. The molecule has 0 amide bonds. The van der Waals surface area contributed by atoms with Crippen LogP contribution in [0.1, 0.15) is 11.1 Å². The summed E-state index contributed by atoms with van der Waals surface area (Å²) >= 11 is 0. The fourth-order valence-electron chi connectivity index (χ4n) is 2.20. The molecule has 5 heteroatoms. The Morgan fingerprint density at radius 1 is 1.05 bits per heavy atom. The normalized spacial score (nSPS) is 11.9. The number of pyridine rings is 1. The SMILES string of the molecule is FC(F)(F)c1cncc(Cn2ccc3ccccc32)c1. The molecule has 0 spiro atoms. The van der Waals surface area contributed by atoms with E-state index >= 15 is 0 Å². The number of aromatic nitrogens is 2. The van der Waals surface area contributed by atoms with E-state index in [1.165, 1.54) is 6.20 Å². The zero-order valence-corrected chi connectivity index (χ0v) is 10.4. The smallest absolute Gasteiger partial charge is 0.343 e. The molecule has 102 valence electrons. The van der Waals surface area contributed by atoms with E-state index < -0.39 is 11.7 Å². The first-order valence-electron chi connectivity index (χ1n) is 6.09. The van der Waals surface area contributed by atoms with Crippen molar-refractivity contribution in [2.45, 2.75) is 12.7 Å². The van der Waals surface area contributed by atoms with Crippen LogP contribution in [0.25, 0.3) is 10.9 Å². The monoisotopic (exact) mass is 276 g/mol. The Kier molecular flexibility index (Phi) is 2.97. The van der Waals surface area contributed by atoms with Crippen LogP contribution in [-0.2, 0) is 12.7 Å². The number of nitrogens with zero attached hydrogens (tertiary/aromatic N) is 2. The lowest BCUT2D eigenvalue weighted by molar-refractivity contribution is -0.137. The molecule has 0 saturated carbocycles. The lowest BCUT2D eigenvalue weighted by Gasteiger charge is -2.09. The van der Waals surface area contributed by atoms with Crippen molar-refractivity contribution >= 4 is 10.9 Å². The molecule has 2 aromatic heterocycles. The molecule has 3 rings (SSSR count). The van der Waals surface area contributed by atoms with Gasteiger partial charge in [-0.15, -0.1) is 0 Å². The van der Waals surface area contributed by atoms with Crippen molar-refractivity contribution in [3.8, 4) is 0 Å². The summed E-state index contributed by atoms with van der Waals surface area (Å²) in [6.45, 7) is 0.366. The number of rotatable bonds is 2. The molecule has 2 nitrogen and oxygen atoms in total. The standard InChI is InChI=1S/C15H11F3N2/c16-15(17,18)13-7-11(8-19-9-13)10-20-6-5-12-3-1-2-4-14(12)20/h1-9H,10H2. The van der Waals surface area contributed by atoms with E-state index in [-0.39, 0.29) is 0 Å². The second-order valence-corrected chi connectivity index (χ2v) is 4.58. The van der Waals surface area contributed by atoms with E-state index in [0.29, 0.717) is 12.1 Å². The Morgan fingerprint density at radius 3 is 2.65 bits per heavy atom. The highest BCUT2D eigenvalue weighted by atomic mass is 19.4. The molecule has 0 aliphatic rings. The molecule has 0 atom stereocenters. The Balaban J connectivity index is 1.95. The van der Waals surface area contributed by atoms with Crippen molar-refractivity contribution in [2.24, 2.45) is 0 Å².